The van der Waals surface area contributed by atoms with E-state index in [9.17, 15) is 9.18 Å². The van der Waals surface area contributed by atoms with E-state index in [1.807, 2.05) is 20.9 Å². The normalized spacial score (nSPS) is 15.6. The highest BCUT2D eigenvalue weighted by molar-refractivity contribution is 5.91. The van der Waals surface area contributed by atoms with Crippen LogP contribution in [0.15, 0.2) is 41.4 Å². The fourth-order valence-corrected chi connectivity index (χ4v) is 3.31. The van der Waals surface area contributed by atoms with Gasteiger partial charge < -0.3 is 10.0 Å². The Balaban J connectivity index is 2.03. The van der Waals surface area contributed by atoms with Crippen molar-refractivity contribution in [1.29, 1.82) is 0 Å². The van der Waals surface area contributed by atoms with E-state index in [0.29, 0.717) is 11.3 Å². The number of halogens is 1. The van der Waals surface area contributed by atoms with Crippen LogP contribution in [0.4, 0.5) is 15.8 Å². The predicted octanol–water partition coefficient (Wildman–Crippen LogP) is 5.21. The van der Waals surface area contributed by atoms with E-state index >= 15 is 0 Å². The molecule has 140 valence electrons. The molecule has 0 fully saturated rings. The van der Waals surface area contributed by atoms with E-state index in [4.69, 9.17) is 5.11 Å². The highest BCUT2D eigenvalue weighted by Crippen LogP contribution is 2.38. The van der Waals surface area contributed by atoms with Crippen LogP contribution < -0.4 is 4.90 Å². The van der Waals surface area contributed by atoms with Gasteiger partial charge in [0, 0.05) is 30.1 Å². The van der Waals surface area contributed by atoms with Crippen LogP contribution >= 0.6 is 0 Å². The molecule has 0 atom stereocenters. The number of fused-ring (bicyclic) bond motifs is 1. The zero-order valence-electron chi connectivity index (χ0n) is 16.2. The van der Waals surface area contributed by atoms with Crippen molar-refractivity contribution in [3.8, 4) is 0 Å². The van der Waals surface area contributed by atoms with E-state index < -0.39 is 5.97 Å². The Morgan fingerprint density at radius 2 is 1.93 bits per heavy atom. The second kappa shape index (κ2) is 6.65. The van der Waals surface area contributed by atoms with Crippen molar-refractivity contribution >= 4 is 29.1 Å². The number of hydrogen-bond acceptors (Lipinski definition) is 3. The fourth-order valence-electron chi connectivity index (χ4n) is 3.31. The van der Waals surface area contributed by atoms with Gasteiger partial charge >= 0.3 is 5.97 Å². The van der Waals surface area contributed by atoms with Crippen LogP contribution in [0.3, 0.4) is 0 Å². The third-order valence-electron chi connectivity index (χ3n) is 5.13. The smallest absolute Gasteiger partial charge is 0.335 e. The average Bonchev–Trinajstić information content (AvgIpc) is 2.59. The molecular weight excluding hydrogens is 343 g/mol. The number of aryl methyl sites for hydroxylation is 1. The monoisotopic (exact) mass is 366 g/mol. The topological polar surface area (TPSA) is 52.9 Å². The molecule has 1 N–H and O–H groups in total. The van der Waals surface area contributed by atoms with Crippen molar-refractivity contribution in [2.24, 2.45) is 4.99 Å². The number of benzene rings is 2. The van der Waals surface area contributed by atoms with Crippen LogP contribution in [0.5, 0.6) is 0 Å². The van der Waals surface area contributed by atoms with Gasteiger partial charge in [-0.15, -0.1) is 0 Å². The first kappa shape index (κ1) is 18.8. The van der Waals surface area contributed by atoms with Crippen LogP contribution in [0.2, 0.25) is 0 Å². The molecule has 3 rings (SSSR count). The maximum absolute atomic E-state index is 14.7. The van der Waals surface area contributed by atoms with E-state index in [1.165, 1.54) is 24.4 Å². The zero-order valence-corrected chi connectivity index (χ0v) is 16.2. The second-order valence-electron chi connectivity index (χ2n) is 7.50. The van der Waals surface area contributed by atoms with Crippen molar-refractivity contribution in [1.82, 2.24) is 0 Å². The van der Waals surface area contributed by atoms with Gasteiger partial charge in [-0.2, -0.15) is 0 Å². The number of nitrogens with zero attached hydrogens (tertiary/aromatic N) is 2. The Morgan fingerprint density at radius 3 is 2.59 bits per heavy atom. The summed E-state index contributed by atoms with van der Waals surface area (Å²) < 4.78 is 14.7. The molecule has 4 nitrogen and oxygen atoms in total. The van der Waals surface area contributed by atoms with Gasteiger partial charge in [0.1, 0.15) is 5.82 Å². The summed E-state index contributed by atoms with van der Waals surface area (Å²) in [6.07, 6.45) is 3.62. The number of hydrogen-bond donors (Lipinski definition) is 1. The predicted molar refractivity (Wildman–Crippen MR) is 108 cm³/mol. The molecule has 0 spiro atoms. The van der Waals surface area contributed by atoms with Crippen molar-refractivity contribution in [2.45, 2.75) is 33.2 Å². The van der Waals surface area contributed by atoms with Gasteiger partial charge in [-0.25, -0.2) is 9.18 Å². The van der Waals surface area contributed by atoms with E-state index in [2.05, 4.69) is 29.8 Å². The van der Waals surface area contributed by atoms with Crippen molar-refractivity contribution in [3.63, 3.8) is 0 Å². The summed E-state index contributed by atoms with van der Waals surface area (Å²) >= 11 is 0. The van der Waals surface area contributed by atoms with Crippen molar-refractivity contribution in [2.75, 3.05) is 11.9 Å². The molecule has 1 aliphatic rings. The molecule has 0 bridgehead atoms. The lowest BCUT2D eigenvalue weighted by Crippen LogP contribution is -2.42. The number of rotatable bonds is 3. The Bertz CT molecular complexity index is 990. The average molecular weight is 366 g/mol. The molecule has 0 saturated carbocycles. The first-order valence-electron chi connectivity index (χ1n) is 8.75. The fraction of sp³-hybridized carbons (Fsp3) is 0.273. The minimum Gasteiger partial charge on any atom is -0.478 e. The summed E-state index contributed by atoms with van der Waals surface area (Å²) in [6, 6.07) is 8.05. The minimum atomic E-state index is -1.02. The molecule has 2 aromatic rings. The lowest BCUT2D eigenvalue weighted by molar-refractivity contribution is 0.0697. The molecule has 0 aliphatic carbocycles. The maximum Gasteiger partial charge on any atom is 0.335 e. The van der Waals surface area contributed by atoms with Gasteiger partial charge in [0.2, 0.25) is 0 Å². The van der Waals surface area contributed by atoms with Crippen LogP contribution in [0, 0.1) is 12.7 Å². The molecule has 1 aliphatic heterocycles. The third kappa shape index (κ3) is 3.50. The number of carboxylic acids is 1. The molecule has 5 heteroatoms. The molecule has 1 heterocycles. The number of allylic oxidation sites excluding steroid dienone is 1. The first-order valence-corrected chi connectivity index (χ1v) is 8.75. The minimum absolute atomic E-state index is 0.154. The number of likely N-dealkylation sites (N-methyl/N-ethyl adjacent to an activating group) is 1. The van der Waals surface area contributed by atoms with Gasteiger partial charge in [0.05, 0.1) is 16.8 Å². The SMILES string of the molecule is CC1=CC(C)(C)N(C)c2cc(F)c(C=Nc3cc(C(=O)O)ccc3C)cc21. The Kier molecular flexibility index (Phi) is 4.64. The molecule has 0 radical (unpaired) electrons. The summed E-state index contributed by atoms with van der Waals surface area (Å²) in [4.78, 5) is 17.5. The molecule has 0 saturated heterocycles. The van der Waals surface area contributed by atoms with E-state index in [1.54, 1.807) is 12.1 Å². The van der Waals surface area contributed by atoms with Crippen LogP contribution in [0.1, 0.15) is 47.8 Å². The number of anilines is 1. The summed E-state index contributed by atoms with van der Waals surface area (Å²) in [5.74, 6) is -1.38. The largest absolute Gasteiger partial charge is 0.478 e. The number of carbonyl (C=O) groups is 1. The Hall–Kier alpha value is -2.95. The van der Waals surface area contributed by atoms with Gasteiger partial charge in [-0.05, 0) is 63.1 Å². The third-order valence-corrected chi connectivity index (χ3v) is 5.13. The second-order valence-corrected chi connectivity index (χ2v) is 7.50. The standard InChI is InChI=1S/C22H23FN2O2/c1-13-6-7-15(21(26)27)9-19(13)24-12-16-8-17-14(2)11-22(3,4)25(5)20(17)10-18(16)23/h6-12H,1-5H3,(H,26,27). The molecule has 0 unspecified atom stereocenters. The van der Waals surface area contributed by atoms with Gasteiger partial charge in [0.15, 0.2) is 0 Å². The summed E-state index contributed by atoms with van der Waals surface area (Å²) in [6.45, 7) is 8.04. The Labute approximate surface area is 158 Å². The van der Waals surface area contributed by atoms with Crippen LogP contribution in [-0.2, 0) is 0 Å². The van der Waals surface area contributed by atoms with E-state index in [0.717, 1.165) is 22.4 Å². The lowest BCUT2D eigenvalue weighted by Gasteiger charge is -2.40. The van der Waals surface area contributed by atoms with Gasteiger partial charge in [0.25, 0.3) is 0 Å². The molecule has 0 amide bonds. The van der Waals surface area contributed by atoms with E-state index in [-0.39, 0.29) is 16.9 Å². The zero-order chi connectivity index (χ0) is 19.9. The number of aliphatic imine (C=N–C) groups is 1. The van der Waals surface area contributed by atoms with Crippen molar-refractivity contribution in [3.05, 3.63) is 64.5 Å². The molecular formula is C22H23FN2O2. The van der Waals surface area contributed by atoms with Crippen LogP contribution in [-0.4, -0.2) is 29.9 Å². The molecule has 2 aromatic carbocycles. The lowest BCUT2D eigenvalue weighted by atomic mass is 9.88. The summed E-state index contributed by atoms with van der Waals surface area (Å²) in [7, 11) is 1.95. The summed E-state index contributed by atoms with van der Waals surface area (Å²) in [5.41, 5.74) is 4.58. The van der Waals surface area contributed by atoms with Crippen molar-refractivity contribution < 1.29 is 14.3 Å². The highest BCUT2D eigenvalue weighted by atomic mass is 19.1. The molecule has 27 heavy (non-hydrogen) atoms. The van der Waals surface area contributed by atoms with Crippen LogP contribution in [0.25, 0.3) is 5.57 Å². The summed E-state index contributed by atoms with van der Waals surface area (Å²) in [5, 5.41) is 9.14. The number of aromatic carboxylic acids is 1. The highest BCUT2D eigenvalue weighted by Gasteiger charge is 2.29. The van der Waals surface area contributed by atoms with Gasteiger partial charge in [-0.3, -0.25) is 4.99 Å². The first-order chi connectivity index (χ1) is 12.6. The molecule has 0 aromatic heterocycles. The van der Waals surface area contributed by atoms with Gasteiger partial charge in [-0.1, -0.05) is 12.1 Å². The maximum atomic E-state index is 14.7. The number of carboxylic acid groups (broad SMARTS) is 1. The Morgan fingerprint density at radius 1 is 1.22 bits per heavy atom. The quantitative estimate of drug-likeness (QED) is 0.758.